The summed E-state index contributed by atoms with van der Waals surface area (Å²) >= 11 is 0. The van der Waals surface area contributed by atoms with Gasteiger partial charge in [-0.05, 0) is 31.4 Å². The van der Waals surface area contributed by atoms with Gasteiger partial charge in [0.2, 0.25) is 11.8 Å². The van der Waals surface area contributed by atoms with Crippen LogP contribution < -0.4 is 16.2 Å². The Morgan fingerprint density at radius 1 is 1.19 bits per heavy atom. The maximum atomic E-state index is 13.2. The van der Waals surface area contributed by atoms with Crippen molar-refractivity contribution in [2.24, 2.45) is 0 Å². The van der Waals surface area contributed by atoms with E-state index in [0.717, 1.165) is 29.7 Å². The number of benzene rings is 1. The van der Waals surface area contributed by atoms with E-state index in [1.807, 2.05) is 49.4 Å². The molecule has 3 aromatic heterocycles. The second kappa shape index (κ2) is 8.08. The lowest BCUT2D eigenvalue weighted by Crippen LogP contribution is -2.28. The second-order valence-corrected chi connectivity index (χ2v) is 7.86. The van der Waals surface area contributed by atoms with Gasteiger partial charge in [0.05, 0.1) is 31.0 Å². The number of nitrogens with two attached hydrogens (primary N) is 1. The average Bonchev–Trinajstić information content (AvgIpc) is 3.42. The van der Waals surface area contributed by atoms with E-state index in [9.17, 15) is 4.79 Å². The van der Waals surface area contributed by atoms with Crippen LogP contribution in [-0.4, -0.2) is 44.0 Å². The Labute approximate surface area is 184 Å². The van der Waals surface area contributed by atoms with Crippen molar-refractivity contribution in [3.8, 4) is 28.3 Å². The zero-order valence-electron chi connectivity index (χ0n) is 18.0. The Kier molecular flexibility index (Phi) is 5.10. The summed E-state index contributed by atoms with van der Waals surface area (Å²) in [7, 11) is 1.57. The summed E-state index contributed by atoms with van der Waals surface area (Å²) in [6, 6.07) is 13.4. The summed E-state index contributed by atoms with van der Waals surface area (Å²) in [5.74, 6) is 0.555. The first-order valence-corrected chi connectivity index (χ1v) is 10.5. The fraction of sp³-hybridized carbons (Fsp3) is 0.304. The standard InChI is InChI=1S/C23H24N6O3/c1-14-11-16(12-18(25-14)31-2)19-20(15-7-4-3-5-8-15)26-22(24)29-21(19)27-28(23(29)30)13-17-9-6-10-32-17/h3-5,7-8,11-12,17H,6,9-10,13H2,1-2H3,(H2,24,26)/t17-/m1/s1. The largest absolute Gasteiger partial charge is 0.481 e. The molecule has 0 bridgehead atoms. The number of fused-ring (bicyclic) bond motifs is 1. The Balaban J connectivity index is 1.81. The number of nitrogens with zero attached hydrogens (tertiary/aromatic N) is 5. The Bertz CT molecular complexity index is 1340. The third-order valence-electron chi connectivity index (χ3n) is 5.63. The van der Waals surface area contributed by atoms with E-state index in [2.05, 4.69) is 9.97 Å². The summed E-state index contributed by atoms with van der Waals surface area (Å²) in [5, 5.41) is 4.69. The molecule has 0 radical (unpaired) electrons. The Morgan fingerprint density at radius 3 is 2.72 bits per heavy atom. The zero-order valence-corrected chi connectivity index (χ0v) is 18.0. The van der Waals surface area contributed by atoms with E-state index in [1.165, 1.54) is 9.08 Å². The summed E-state index contributed by atoms with van der Waals surface area (Å²) < 4.78 is 13.9. The molecule has 1 fully saturated rings. The summed E-state index contributed by atoms with van der Waals surface area (Å²) in [6.07, 6.45) is 1.85. The summed E-state index contributed by atoms with van der Waals surface area (Å²) in [6.45, 7) is 2.97. The summed E-state index contributed by atoms with van der Waals surface area (Å²) in [5.41, 5.74) is 10.1. The van der Waals surface area contributed by atoms with Crippen molar-refractivity contribution in [2.75, 3.05) is 19.5 Å². The van der Waals surface area contributed by atoms with Crippen molar-refractivity contribution in [2.45, 2.75) is 32.4 Å². The molecule has 164 valence electrons. The van der Waals surface area contributed by atoms with Crippen molar-refractivity contribution in [3.63, 3.8) is 0 Å². The van der Waals surface area contributed by atoms with E-state index in [-0.39, 0.29) is 17.7 Å². The van der Waals surface area contributed by atoms with Gasteiger partial charge in [-0.2, -0.15) is 0 Å². The highest BCUT2D eigenvalue weighted by Crippen LogP contribution is 2.35. The molecule has 4 heterocycles. The van der Waals surface area contributed by atoms with Crippen LogP contribution in [0.2, 0.25) is 0 Å². The van der Waals surface area contributed by atoms with Crippen LogP contribution in [0.3, 0.4) is 0 Å². The summed E-state index contributed by atoms with van der Waals surface area (Å²) in [4.78, 5) is 22.2. The minimum atomic E-state index is -0.334. The number of aromatic nitrogens is 5. The van der Waals surface area contributed by atoms with Crippen LogP contribution in [-0.2, 0) is 11.3 Å². The van der Waals surface area contributed by atoms with Crippen molar-refractivity contribution in [1.29, 1.82) is 0 Å². The lowest BCUT2D eigenvalue weighted by atomic mass is 10.00. The van der Waals surface area contributed by atoms with E-state index in [4.69, 9.17) is 20.3 Å². The topological polar surface area (TPSA) is 110 Å². The van der Waals surface area contributed by atoms with Gasteiger partial charge in [-0.25, -0.2) is 23.8 Å². The molecule has 1 aromatic carbocycles. The maximum Gasteiger partial charge on any atom is 0.353 e. The van der Waals surface area contributed by atoms with Crippen molar-refractivity contribution >= 4 is 11.6 Å². The lowest BCUT2D eigenvalue weighted by molar-refractivity contribution is 0.0931. The van der Waals surface area contributed by atoms with Gasteiger partial charge in [-0.15, -0.1) is 5.10 Å². The van der Waals surface area contributed by atoms with Crippen LogP contribution in [0.25, 0.3) is 28.0 Å². The van der Waals surface area contributed by atoms with Crippen LogP contribution in [0, 0.1) is 6.92 Å². The predicted molar refractivity (Wildman–Crippen MR) is 121 cm³/mol. The number of pyridine rings is 1. The molecule has 0 unspecified atom stereocenters. The Morgan fingerprint density at radius 2 is 2.00 bits per heavy atom. The predicted octanol–water partition coefficient (Wildman–Crippen LogP) is 2.70. The lowest BCUT2D eigenvalue weighted by Gasteiger charge is -2.13. The third kappa shape index (κ3) is 3.50. The van der Waals surface area contributed by atoms with Gasteiger partial charge in [0.1, 0.15) is 0 Å². The number of hydrogen-bond donors (Lipinski definition) is 1. The normalized spacial score (nSPS) is 16.0. The first kappa shape index (κ1) is 20.2. The molecule has 0 saturated carbocycles. The molecule has 5 rings (SSSR count). The molecule has 1 aliphatic rings. The molecule has 2 N–H and O–H groups in total. The molecule has 1 aliphatic heterocycles. The van der Waals surface area contributed by atoms with E-state index >= 15 is 0 Å². The number of rotatable bonds is 5. The minimum absolute atomic E-state index is 0.0351. The van der Waals surface area contributed by atoms with Crippen LogP contribution in [0.5, 0.6) is 5.88 Å². The van der Waals surface area contributed by atoms with Gasteiger partial charge in [0.25, 0.3) is 0 Å². The SMILES string of the molecule is COc1cc(-c2c(-c3ccccc3)nc(N)n3c(=O)n(C[C@H]4CCCO4)nc23)cc(C)n1. The first-order valence-electron chi connectivity index (χ1n) is 10.5. The number of hydrogen-bond acceptors (Lipinski definition) is 7. The van der Waals surface area contributed by atoms with Crippen molar-refractivity contribution in [3.05, 3.63) is 58.6 Å². The van der Waals surface area contributed by atoms with Gasteiger partial charge in [-0.1, -0.05) is 30.3 Å². The molecule has 0 spiro atoms. The fourth-order valence-corrected chi connectivity index (χ4v) is 4.16. The molecule has 32 heavy (non-hydrogen) atoms. The van der Waals surface area contributed by atoms with Gasteiger partial charge in [0.15, 0.2) is 5.65 Å². The highest BCUT2D eigenvalue weighted by Gasteiger charge is 2.24. The average molecular weight is 432 g/mol. The van der Waals surface area contributed by atoms with Gasteiger partial charge < -0.3 is 15.2 Å². The number of anilines is 1. The maximum absolute atomic E-state index is 13.2. The molecule has 4 aromatic rings. The quantitative estimate of drug-likeness (QED) is 0.516. The van der Waals surface area contributed by atoms with E-state index < -0.39 is 0 Å². The number of aryl methyl sites for hydroxylation is 1. The second-order valence-electron chi connectivity index (χ2n) is 7.86. The molecular formula is C23H24N6O3. The molecule has 0 aliphatic carbocycles. The van der Waals surface area contributed by atoms with Crippen LogP contribution >= 0.6 is 0 Å². The monoisotopic (exact) mass is 432 g/mol. The number of nitrogen functional groups attached to an aromatic ring is 1. The van der Waals surface area contributed by atoms with Crippen LogP contribution in [0.1, 0.15) is 18.5 Å². The van der Waals surface area contributed by atoms with Gasteiger partial charge >= 0.3 is 5.69 Å². The van der Waals surface area contributed by atoms with E-state index in [1.54, 1.807) is 7.11 Å². The molecule has 0 amide bonds. The van der Waals surface area contributed by atoms with Crippen molar-refractivity contribution in [1.82, 2.24) is 24.1 Å². The molecule has 9 heteroatoms. The highest BCUT2D eigenvalue weighted by atomic mass is 16.5. The number of ether oxygens (including phenoxy) is 2. The zero-order chi connectivity index (χ0) is 22.2. The van der Waals surface area contributed by atoms with Gasteiger partial charge in [-0.3, -0.25) is 0 Å². The van der Waals surface area contributed by atoms with Gasteiger partial charge in [0, 0.05) is 23.9 Å². The Hall–Kier alpha value is -3.72. The highest BCUT2D eigenvalue weighted by molar-refractivity contribution is 5.91. The molecule has 9 nitrogen and oxygen atoms in total. The van der Waals surface area contributed by atoms with Crippen molar-refractivity contribution < 1.29 is 9.47 Å². The molecule has 1 saturated heterocycles. The number of methoxy groups -OCH3 is 1. The minimum Gasteiger partial charge on any atom is -0.481 e. The smallest absolute Gasteiger partial charge is 0.353 e. The molecule has 1 atom stereocenters. The van der Waals surface area contributed by atoms with Crippen LogP contribution in [0.4, 0.5) is 5.95 Å². The van der Waals surface area contributed by atoms with E-state index in [0.29, 0.717) is 35.9 Å². The third-order valence-corrected chi connectivity index (χ3v) is 5.63. The van der Waals surface area contributed by atoms with Crippen LogP contribution in [0.15, 0.2) is 47.3 Å². The first-order chi connectivity index (χ1) is 15.5. The fourth-order valence-electron chi connectivity index (χ4n) is 4.16. The molecular weight excluding hydrogens is 408 g/mol.